The highest BCUT2D eigenvalue weighted by Gasteiger charge is 2.31. The van der Waals surface area contributed by atoms with Crippen LogP contribution in [0.1, 0.15) is 26.2 Å². The van der Waals surface area contributed by atoms with Crippen molar-refractivity contribution in [2.75, 3.05) is 45.9 Å². The van der Waals surface area contributed by atoms with Gasteiger partial charge < -0.3 is 15.0 Å². The van der Waals surface area contributed by atoms with E-state index in [9.17, 15) is 0 Å². The van der Waals surface area contributed by atoms with E-state index in [1.165, 1.54) is 25.9 Å². The zero-order valence-electron chi connectivity index (χ0n) is 11.4. The Morgan fingerprint density at radius 3 is 2.61 bits per heavy atom. The van der Waals surface area contributed by atoms with Crippen molar-refractivity contribution in [3.63, 3.8) is 0 Å². The maximum atomic E-state index is 5.43. The molecule has 104 valence electrons. The molecule has 0 unspecified atom stereocenters. The summed E-state index contributed by atoms with van der Waals surface area (Å²) in [7, 11) is 0. The Balaban J connectivity index is 1.55. The van der Waals surface area contributed by atoms with Crippen LogP contribution in [0, 0.1) is 0 Å². The highest BCUT2D eigenvalue weighted by molar-refractivity contribution is 7.80. The molecule has 2 fully saturated rings. The number of rotatable bonds is 6. The molecule has 18 heavy (non-hydrogen) atoms. The van der Waals surface area contributed by atoms with Gasteiger partial charge in [-0.25, -0.2) is 0 Å². The van der Waals surface area contributed by atoms with Gasteiger partial charge in [-0.2, -0.15) is 0 Å². The van der Waals surface area contributed by atoms with E-state index in [4.69, 9.17) is 17.0 Å². The Hall–Kier alpha value is -0.390. The normalized spacial score (nSPS) is 21.1. The quantitative estimate of drug-likeness (QED) is 0.576. The number of piperazine rings is 1. The Bertz CT molecular complexity index is 263. The van der Waals surface area contributed by atoms with E-state index in [0.29, 0.717) is 0 Å². The second-order valence-electron chi connectivity index (χ2n) is 5.04. The summed E-state index contributed by atoms with van der Waals surface area (Å²) >= 11 is 5.43. The van der Waals surface area contributed by atoms with Gasteiger partial charge in [0.1, 0.15) is 0 Å². The molecule has 0 aromatic carbocycles. The van der Waals surface area contributed by atoms with Crippen LogP contribution in [0.5, 0.6) is 0 Å². The summed E-state index contributed by atoms with van der Waals surface area (Å²) in [6.07, 6.45) is 3.83. The molecule has 4 nitrogen and oxygen atoms in total. The van der Waals surface area contributed by atoms with Crippen molar-refractivity contribution in [3.05, 3.63) is 0 Å². The molecule has 0 aromatic rings. The van der Waals surface area contributed by atoms with Crippen LogP contribution in [-0.4, -0.2) is 66.9 Å². The fourth-order valence-electron chi connectivity index (χ4n) is 2.36. The standard InChI is InChI=1S/C13H25N3OS/c1-2-17-11-3-6-14-13(18)16-9-7-15(8-10-16)12-4-5-12/h12H,2-11H2,1H3,(H,14,18). The fourth-order valence-corrected chi connectivity index (χ4v) is 2.64. The number of nitrogens with one attached hydrogen (secondary N) is 1. The molecule has 1 saturated carbocycles. The van der Waals surface area contributed by atoms with Gasteiger partial charge in [-0.15, -0.1) is 0 Å². The van der Waals surface area contributed by atoms with Crippen LogP contribution in [0.4, 0.5) is 0 Å². The highest BCUT2D eigenvalue weighted by Crippen LogP contribution is 2.27. The van der Waals surface area contributed by atoms with Crippen LogP contribution >= 0.6 is 12.2 Å². The molecule has 1 aliphatic heterocycles. The Kier molecular flexibility index (Phi) is 5.66. The molecule has 0 radical (unpaired) electrons. The molecule has 5 heteroatoms. The molecule has 0 atom stereocenters. The zero-order valence-corrected chi connectivity index (χ0v) is 12.2. The molecule has 0 spiro atoms. The van der Waals surface area contributed by atoms with Crippen molar-refractivity contribution >= 4 is 17.3 Å². The van der Waals surface area contributed by atoms with Crippen LogP contribution < -0.4 is 5.32 Å². The minimum Gasteiger partial charge on any atom is -0.382 e. The Morgan fingerprint density at radius 2 is 2.00 bits per heavy atom. The second-order valence-corrected chi connectivity index (χ2v) is 5.42. The first-order valence-electron chi connectivity index (χ1n) is 7.16. The monoisotopic (exact) mass is 271 g/mol. The van der Waals surface area contributed by atoms with Crippen molar-refractivity contribution in [1.82, 2.24) is 15.1 Å². The van der Waals surface area contributed by atoms with Gasteiger partial charge in [-0.05, 0) is 38.4 Å². The molecule has 0 amide bonds. The van der Waals surface area contributed by atoms with Gasteiger partial charge in [0.2, 0.25) is 0 Å². The maximum absolute atomic E-state index is 5.43. The lowest BCUT2D eigenvalue weighted by Gasteiger charge is -2.36. The van der Waals surface area contributed by atoms with Crippen LogP contribution in [0.25, 0.3) is 0 Å². The summed E-state index contributed by atoms with van der Waals surface area (Å²) in [6.45, 7) is 9.06. The van der Waals surface area contributed by atoms with Crippen LogP contribution in [-0.2, 0) is 4.74 Å². The number of nitrogens with zero attached hydrogens (tertiary/aromatic N) is 2. The summed E-state index contributed by atoms with van der Waals surface area (Å²) < 4.78 is 5.30. The van der Waals surface area contributed by atoms with E-state index in [1.54, 1.807) is 0 Å². The minimum atomic E-state index is 0.799. The number of ether oxygens (including phenoxy) is 1. The van der Waals surface area contributed by atoms with Gasteiger partial charge in [0.05, 0.1) is 0 Å². The summed E-state index contributed by atoms with van der Waals surface area (Å²) in [6, 6.07) is 0.889. The first kappa shape index (κ1) is 14.0. The lowest BCUT2D eigenvalue weighted by molar-refractivity contribution is 0.145. The van der Waals surface area contributed by atoms with Crippen LogP contribution in [0.3, 0.4) is 0 Å². The number of hydrogen-bond acceptors (Lipinski definition) is 3. The molecular weight excluding hydrogens is 246 g/mol. The average Bonchev–Trinajstić information content (AvgIpc) is 3.23. The van der Waals surface area contributed by atoms with Crippen molar-refractivity contribution in [2.45, 2.75) is 32.2 Å². The van der Waals surface area contributed by atoms with Crippen molar-refractivity contribution in [2.24, 2.45) is 0 Å². The second kappa shape index (κ2) is 7.26. The lowest BCUT2D eigenvalue weighted by atomic mass is 10.3. The largest absolute Gasteiger partial charge is 0.382 e. The highest BCUT2D eigenvalue weighted by atomic mass is 32.1. The van der Waals surface area contributed by atoms with Crippen molar-refractivity contribution < 1.29 is 4.74 Å². The minimum absolute atomic E-state index is 0.799. The Morgan fingerprint density at radius 1 is 1.28 bits per heavy atom. The third-order valence-corrected chi connectivity index (χ3v) is 4.01. The fraction of sp³-hybridized carbons (Fsp3) is 0.923. The smallest absolute Gasteiger partial charge is 0.169 e. The lowest BCUT2D eigenvalue weighted by Crippen LogP contribution is -2.52. The molecule has 1 aliphatic carbocycles. The predicted molar refractivity (Wildman–Crippen MR) is 77.9 cm³/mol. The van der Waals surface area contributed by atoms with Gasteiger partial charge in [-0.1, -0.05) is 0 Å². The average molecular weight is 271 g/mol. The zero-order chi connectivity index (χ0) is 12.8. The first-order chi connectivity index (χ1) is 8.81. The van der Waals surface area contributed by atoms with Gasteiger partial charge in [0, 0.05) is 52.0 Å². The number of hydrogen-bond donors (Lipinski definition) is 1. The van der Waals surface area contributed by atoms with Crippen molar-refractivity contribution in [3.8, 4) is 0 Å². The molecule has 2 rings (SSSR count). The van der Waals surface area contributed by atoms with Gasteiger partial charge >= 0.3 is 0 Å². The number of thiocarbonyl (C=S) groups is 1. The van der Waals surface area contributed by atoms with E-state index in [2.05, 4.69) is 15.1 Å². The summed E-state index contributed by atoms with van der Waals surface area (Å²) in [5.41, 5.74) is 0. The summed E-state index contributed by atoms with van der Waals surface area (Å²) in [5, 5.41) is 4.25. The SMILES string of the molecule is CCOCCCNC(=S)N1CCN(C2CC2)CC1. The molecule has 2 aliphatic rings. The molecule has 1 saturated heterocycles. The van der Waals surface area contributed by atoms with E-state index in [0.717, 1.165) is 50.4 Å². The third-order valence-electron chi connectivity index (χ3n) is 3.61. The molecule has 0 aromatic heterocycles. The molecule has 0 bridgehead atoms. The third kappa shape index (κ3) is 4.37. The van der Waals surface area contributed by atoms with Gasteiger partial charge in [-0.3, -0.25) is 4.90 Å². The van der Waals surface area contributed by atoms with Crippen LogP contribution in [0.2, 0.25) is 0 Å². The topological polar surface area (TPSA) is 27.7 Å². The molecular formula is C13H25N3OS. The molecule has 1 heterocycles. The van der Waals surface area contributed by atoms with E-state index >= 15 is 0 Å². The van der Waals surface area contributed by atoms with E-state index in [1.807, 2.05) is 6.92 Å². The summed E-state index contributed by atoms with van der Waals surface area (Å²) in [5.74, 6) is 0. The van der Waals surface area contributed by atoms with E-state index in [-0.39, 0.29) is 0 Å². The molecule has 1 N–H and O–H groups in total. The Labute approximate surface area is 116 Å². The maximum Gasteiger partial charge on any atom is 0.169 e. The van der Waals surface area contributed by atoms with Gasteiger partial charge in [0.25, 0.3) is 0 Å². The van der Waals surface area contributed by atoms with Crippen molar-refractivity contribution in [1.29, 1.82) is 0 Å². The predicted octanol–water partition coefficient (Wildman–Crippen LogP) is 1.07. The van der Waals surface area contributed by atoms with Gasteiger partial charge in [0.15, 0.2) is 5.11 Å². The first-order valence-corrected chi connectivity index (χ1v) is 7.56. The summed E-state index contributed by atoms with van der Waals surface area (Å²) in [4.78, 5) is 4.91. The van der Waals surface area contributed by atoms with Crippen LogP contribution in [0.15, 0.2) is 0 Å². The van der Waals surface area contributed by atoms with E-state index < -0.39 is 0 Å².